The maximum Gasteiger partial charge on any atom is 0.0407 e. The standard InChI is InChI=1S/C9H11ClSi/c1-7(10)9(11)8-5-3-2-4-6-8/h2-6H,1,11H3. The first-order chi connectivity index (χ1) is 5.22. The van der Waals surface area contributed by atoms with Crippen molar-refractivity contribution in [2.45, 2.75) is 6.92 Å². The molecule has 0 aliphatic carbocycles. The highest BCUT2D eigenvalue weighted by atomic mass is 35.5. The first kappa shape index (κ1) is 8.56. The molecule has 0 radical (unpaired) electrons. The third-order valence-corrected chi connectivity index (χ3v) is 3.65. The Morgan fingerprint density at radius 2 is 1.82 bits per heavy atom. The van der Waals surface area contributed by atoms with Crippen LogP contribution in [0.3, 0.4) is 0 Å². The molecule has 0 aliphatic rings. The predicted octanol–water partition coefficient (Wildman–Crippen LogP) is 1.98. The van der Waals surface area contributed by atoms with Gasteiger partial charge in [0.15, 0.2) is 0 Å². The van der Waals surface area contributed by atoms with Crippen LogP contribution in [-0.2, 0) is 0 Å². The molecular weight excluding hydrogens is 172 g/mol. The second kappa shape index (κ2) is 3.74. The Balaban J connectivity index is 3.04. The molecule has 0 saturated carbocycles. The molecule has 0 unspecified atom stereocenters. The van der Waals surface area contributed by atoms with E-state index in [1.165, 1.54) is 10.8 Å². The first-order valence-electron chi connectivity index (χ1n) is 3.60. The average molecular weight is 183 g/mol. The van der Waals surface area contributed by atoms with Crippen LogP contribution in [0.1, 0.15) is 12.5 Å². The molecule has 0 amide bonds. The van der Waals surface area contributed by atoms with Crippen LogP contribution in [0.5, 0.6) is 0 Å². The summed E-state index contributed by atoms with van der Waals surface area (Å²) in [6.45, 7) is 1.94. The highest BCUT2D eigenvalue weighted by Crippen LogP contribution is 2.16. The molecule has 58 valence electrons. The number of halogens is 1. The van der Waals surface area contributed by atoms with Gasteiger partial charge in [-0.05, 0) is 17.7 Å². The SMILES string of the molecule is CC(Cl)=C([SiH3])c1ccccc1. The van der Waals surface area contributed by atoms with Crippen LogP contribution in [0, 0.1) is 0 Å². The fourth-order valence-corrected chi connectivity index (χ4v) is 1.33. The van der Waals surface area contributed by atoms with Crippen molar-refractivity contribution >= 4 is 27.0 Å². The summed E-state index contributed by atoms with van der Waals surface area (Å²) in [6.07, 6.45) is 0. The summed E-state index contributed by atoms with van der Waals surface area (Å²) in [5.41, 5.74) is 1.26. The average Bonchev–Trinajstić information content (AvgIpc) is 2.05. The largest absolute Gasteiger partial charge is 0.0896 e. The van der Waals surface area contributed by atoms with E-state index in [0.29, 0.717) is 0 Å². The Labute approximate surface area is 75.3 Å². The lowest BCUT2D eigenvalue weighted by atomic mass is 10.2. The monoisotopic (exact) mass is 182 g/mol. The molecule has 0 spiro atoms. The molecule has 2 heteroatoms. The fraction of sp³-hybridized carbons (Fsp3) is 0.111. The van der Waals surface area contributed by atoms with Crippen molar-refractivity contribution in [1.29, 1.82) is 0 Å². The van der Waals surface area contributed by atoms with Crippen molar-refractivity contribution < 1.29 is 0 Å². The van der Waals surface area contributed by atoms with Gasteiger partial charge in [-0.25, -0.2) is 0 Å². The van der Waals surface area contributed by atoms with Crippen molar-refractivity contribution in [3.05, 3.63) is 40.9 Å². The minimum Gasteiger partial charge on any atom is -0.0896 e. The number of hydrogen-bond acceptors (Lipinski definition) is 0. The summed E-state index contributed by atoms with van der Waals surface area (Å²) < 4.78 is 0. The van der Waals surface area contributed by atoms with Crippen molar-refractivity contribution in [3.63, 3.8) is 0 Å². The smallest absolute Gasteiger partial charge is 0.0407 e. The Bertz CT molecular complexity index is 260. The second-order valence-electron chi connectivity index (χ2n) is 2.52. The zero-order chi connectivity index (χ0) is 8.27. The number of hydrogen-bond donors (Lipinski definition) is 0. The van der Waals surface area contributed by atoms with E-state index in [4.69, 9.17) is 11.6 Å². The third-order valence-electron chi connectivity index (χ3n) is 1.72. The maximum atomic E-state index is 5.88. The Kier molecular flexibility index (Phi) is 2.91. The zero-order valence-electron chi connectivity index (χ0n) is 6.76. The van der Waals surface area contributed by atoms with Crippen LogP contribution in [0.25, 0.3) is 5.20 Å². The lowest BCUT2D eigenvalue weighted by Gasteiger charge is -2.00. The highest BCUT2D eigenvalue weighted by Gasteiger charge is 1.95. The van der Waals surface area contributed by atoms with Gasteiger partial charge in [-0.3, -0.25) is 0 Å². The van der Waals surface area contributed by atoms with Crippen LogP contribution in [0.4, 0.5) is 0 Å². The molecule has 11 heavy (non-hydrogen) atoms. The Morgan fingerprint density at radius 3 is 2.27 bits per heavy atom. The van der Waals surface area contributed by atoms with Gasteiger partial charge in [-0.15, -0.1) is 0 Å². The minimum absolute atomic E-state index is 0.919. The Hall–Kier alpha value is -0.533. The molecule has 0 aliphatic heterocycles. The maximum absolute atomic E-state index is 5.88. The van der Waals surface area contributed by atoms with Gasteiger partial charge < -0.3 is 0 Å². The van der Waals surface area contributed by atoms with Gasteiger partial charge in [0.2, 0.25) is 0 Å². The minimum atomic E-state index is 0.919. The highest BCUT2D eigenvalue weighted by molar-refractivity contribution is 6.49. The van der Waals surface area contributed by atoms with Crippen LogP contribution >= 0.6 is 11.6 Å². The summed E-state index contributed by atoms with van der Waals surface area (Å²) in [7, 11) is 1.01. The van der Waals surface area contributed by atoms with E-state index in [1.807, 2.05) is 25.1 Å². The molecule has 0 heterocycles. The molecule has 1 aromatic rings. The first-order valence-corrected chi connectivity index (χ1v) is 4.98. The number of allylic oxidation sites excluding steroid dienone is 1. The molecule has 0 saturated heterocycles. The molecule has 0 nitrogen and oxygen atoms in total. The molecule has 0 bridgehead atoms. The topological polar surface area (TPSA) is 0 Å². The van der Waals surface area contributed by atoms with Gasteiger partial charge in [0.05, 0.1) is 0 Å². The second-order valence-corrected chi connectivity index (χ2v) is 4.09. The van der Waals surface area contributed by atoms with Crippen LogP contribution < -0.4 is 0 Å². The van der Waals surface area contributed by atoms with E-state index in [1.54, 1.807) is 0 Å². The van der Waals surface area contributed by atoms with Crippen LogP contribution in [0.2, 0.25) is 0 Å². The Morgan fingerprint density at radius 1 is 1.27 bits per heavy atom. The van der Waals surface area contributed by atoms with Crippen molar-refractivity contribution in [2.24, 2.45) is 0 Å². The zero-order valence-corrected chi connectivity index (χ0v) is 9.52. The van der Waals surface area contributed by atoms with Crippen molar-refractivity contribution in [3.8, 4) is 0 Å². The van der Waals surface area contributed by atoms with E-state index in [-0.39, 0.29) is 0 Å². The summed E-state index contributed by atoms with van der Waals surface area (Å²) in [5, 5.41) is 2.20. The molecule has 0 fully saturated rings. The lowest BCUT2D eigenvalue weighted by molar-refractivity contribution is 1.61. The normalized spacial score (nSPS) is 12.9. The quantitative estimate of drug-likeness (QED) is 0.583. The van der Waals surface area contributed by atoms with E-state index in [9.17, 15) is 0 Å². The van der Waals surface area contributed by atoms with Gasteiger partial charge in [0.1, 0.15) is 0 Å². The van der Waals surface area contributed by atoms with Gasteiger partial charge in [0.25, 0.3) is 0 Å². The van der Waals surface area contributed by atoms with E-state index >= 15 is 0 Å². The fourth-order valence-electron chi connectivity index (χ4n) is 0.887. The summed E-state index contributed by atoms with van der Waals surface area (Å²) in [5.74, 6) is 0. The van der Waals surface area contributed by atoms with Crippen LogP contribution in [-0.4, -0.2) is 10.2 Å². The summed E-state index contributed by atoms with van der Waals surface area (Å²) >= 11 is 5.88. The molecule has 0 N–H and O–H groups in total. The number of rotatable bonds is 1. The van der Waals surface area contributed by atoms with Gasteiger partial charge in [-0.2, -0.15) is 0 Å². The molecule has 0 atom stereocenters. The van der Waals surface area contributed by atoms with E-state index < -0.39 is 0 Å². The number of benzene rings is 1. The van der Waals surface area contributed by atoms with Gasteiger partial charge in [-0.1, -0.05) is 41.9 Å². The molecule has 1 aromatic carbocycles. The summed E-state index contributed by atoms with van der Waals surface area (Å²) in [6, 6.07) is 10.3. The van der Waals surface area contributed by atoms with Crippen molar-refractivity contribution in [2.75, 3.05) is 0 Å². The third kappa shape index (κ3) is 2.21. The van der Waals surface area contributed by atoms with Crippen molar-refractivity contribution in [1.82, 2.24) is 0 Å². The molecular formula is C9H11ClSi. The molecule has 0 aromatic heterocycles. The summed E-state index contributed by atoms with van der Waals surface area (Å²) in [4.78, 5) is 0. The van der Waals surface area contributed by atoms with E-state index in [2.05, 4.69) is 12.1 Å². The van der Waals surface area contributed by atoms with Gasteiger partial charge in [0, 0.05) is 15.3 Å². The van der Waals surface area contributed by atoms with E-state index in [0.717, 1.165) is 15.3 Å². The van der Waals surface area contributed by atoms with Crippen LogP contribution in [0.15, 0.2) is 35.4 Å². The molecule has 1 rings (SSSR count). The lowest BCUT2D eigenvalue weighted by Crippen LogP contribution is -1.83. The predicted molar refractivity (Wildman–Crippen MR) is 54.8 cm³/mol. The van der Waals surface area contributed by atoms with Gasteiger partial charge >= 0.3 is 0 Å².